The van der Waals surface area contributed by atoms with Crippen LogP contribution in [0.4, 0.5) is 0 Å². The van der Waals surface area contributed by atoms with Gasteiger partial charge in [0.25, 0.3) is 0 Å². The van der Waals surface area contributed by atoms with Crippen LogP contribution in [0.3, 0.4) is 0 Å². The maximum absolute atomic E-state index is 11.8. The van der Waals surface area contributed by atoms with Gasteiger partial charge in [0, 0.05) is 22.3 Å². The minimum Gasteiger partial charge on any atom is -0.481 e. The number of hydrogen-bond donors (Lipinski definition) is 1. The van der Waals surface area contributed by atoms with Gasteiger partial charge in [-0.15, -0.1) is 0 Å². The fourth-order valence-corrected chi connectivity index (χ4v) is 3.09. The Bertz CT molecular complexity index is 423. The number of benzene rings is 1. The molecule has 0 spiro atoms. The third-order valence-corrected chi connectivity index (χ3v) is 4.39. The van der Waals surface area contributed by atoms with E-state index >= 15 is 0 Å². The van der Waals surface area contributed by atoms with Crippen molar-refractivity contribution in [3.8, 4) is 0 Å². The van der Waals surface area contributed by atoms with Crippen LogP contribution < -0.4 is 0 Å². The molecular weight excluding hydrogens is 248 g/mol. The standard InChI is InChI=1S/C14H20O3S/c1-10(2)8-18(17)9-12-4-6-13(7-5-12)11(3)14(15)16/h4-7,10-11H,8-9H2,1-3H3,(H,15,16). The van der Waals surface area contributed by atoms with E-state index in [0.29, 0.717) is 17.4 Å². The van der Waals surface area contributed by atoms with Gasteiger partial charge in [0.2, 0.25) is 0 Å². The molecule has 4 heteroatoms. The van der Waals surface area contributed by atoms with E-state index in [-0.39, 0.29) is 0 Å². The molecule has 1 aromatic carbocycles. The predicted molar refractivity (Wildman–Crippen MR) is 74.0 cm³/mol. The molecule has 0 aliphatic rings. The summed E-state index contributed by atoms with van der Waals surface area (Å²) in [6, 6.07) is 7.35. The summed E-state index contributed by atoms with van der Waals surface area (Å²) < 4.78 is 11.8. The molecule has 2 unspecified atom stereocenters. The minimum absolute atomic E-state index is 0.428. The molecule has 0 saturated heterocycles. The number of aliphatic carboxylic acids is 1. The summed E-state index contributed by atoms with van der Waals surface area (Å²) >= 11 is 0. The van der Waals surface area contributed by atoms with E-state index in [2.05, 4.69) is 13.8 Å². The van der Waals surface area contributed by atoms with E-state index in [0.717, 1.165) is 11.1 Å². The zero-order valence-electron chi connectivity index (χ0n) is 11.1. The van der Waals surface area contributed by atoms with Crippen molar-refractivity contribution >= 4 is 16.8 Å². The molecule has 1 N–H and O–H groups in total. The molecule has 18 heavy (non-hydrogen) atoms. The molecule has 1 rings (SSSR count). The van der Waals surface area contributed by atoms with E-state index in [9.17, 15) is 9.00 Å². The van der Waals surface area contributed by atoms with Gasteiger partial charge in [0.05, 0.1) is 5.92 Å². The van der Waals surface area contributed by atoms with Crippen LogP contribution in [-0.4, -0.2) is 21.0 Å². The summed E-state index contributed by atoms with van der Waals surface area (Å²) in [4.78, 5) is 10.8. The van der Waals surface area contributed by atoms with Crippen molar-refractivity contribution in [3.63, 3.8) is 0 Å². The van der Waals surface area contributed by atoms with E-state index < -0.39 is 22.7 Å². The fraction of sp³-hybridized carbons (Fsp3) is 0.500. The zero-order chi connectivity index (χ0) is 13.7. The monoisotopic (exact) mass is 268 g/mol. The second-order valence-electron chi connectivity index (χ2n) is 4.95. The third-order valence-electron chi connectivity index (χ3n) is 2.70. The van der Waals surface area contributed by atoms with Crippen LogP contribution in [0.1, 0.15) is 37.8 Å². The quantitative estimate of drug-likeness (QED) is 0.863. The maximum Gasteiger partial charge on any atom is 0.310 e. The van der Waals surface area contributed by atoms with Crippen molar-refractivity contribution in [2.24, 2.45) is 5.92 Å². The first-order valence-corrected chi connectivity index (χ1v) is 7.55. The highest BCUT2D eigenvalue weighted by molar-refractivity contribution is 7.84. The number of hydrogen-bond acceptors (Lipinski definition) is 2. The Hall–Kier alpha value is -1.16. The summed E-state index contributed by atoms with van der Waals surface area (Å²) in [6.45, 7) is 5.76. The van der Waals surface area contributed by atoms with Gasteiger partial charge in [-0.3, -0.25) is 9.00 Å². The minimum atomic E-state index is -0.844. The topological polar surface area (TPSA) is 54.4 Å². The van der Waals surface area contributed by atoms with Gasteiger partial charge in [0.1, 0.15) is 0 Å². The van der Waals surface area contributed by atoms with Gasteiger partial charge in [0.15, 0.2) is 0 Å². The zero-order valence-corrected chi connectivity index (χ0v) is 11.9. The second kappa shape index (κ2) is 6.69. The molecule has 3 nitrogen and oxygen atoms in total. The lowest BCUT2D eigenvalue weighted by molar-refractivity contribution is -0.138. The van der Waals surface area contributed by atoms with E-state index in [1.54, 1.807) is 19.1 Å². The molecule has 1 aromatic rings. The number of rotatable bonds is 6. The van der Waals surface area contributed by atoms with Crippen molar-refractivity contribution in [3.05, 3.63) is 35.4 Å². The smallest absolute Gasteiger partial charge is 0.310 e. The van der Waals surface area contributed by atoms with Gasteiger partial charge in [-0.1, -0.05) is 38.1 Å². The molecule has 0 radical (unpaired) electrons. The molecule has 100 valence electrons. The van der Waals surface area contributed by atoms with Crippen molar-refractivity contribution < 1.29 is 14.1 Å². The predicted octanol–water partition coefficient (Wildman–Crippen LogP) is 2.78. The average molecular weight is 268 g/mol. The highest BCUT2D eigenvalue weighted by atomic mass is 32.2. The van der Waals surface area contributed by atoms with Crippen LogP contribution in [0.5, 0.6) is 0 Å². The van der Waals surface area contributed by atoms with Crippen LogP contribution in [0.2, 0.25) is 0 Å². The Morgan fingerprint density at radius 1 is 1.22 bits per heavy atom. The molecule has 0 heterocycles. The molecule has 0 bridgehead atoms. The van der Waals surface area contributed by atoms with Gasteiger partial charge >= 0.3 is 5.97 Å². The van der Waals surface area contributed by atoms with Gasteiger partial charge in [-0.25, -0.2) is 0 Å². The van der Waals surface area contributed by atoms with Crippen LogP contribution in [0.15, 0.2) is 24.3 Å². The fourth-order valence-electron chi connectivity index (χ4n) is 1.66. The van der Waals surface area contributed by atoms with Crippen molar-refractivity contribution in [1.29, 1.82) is 0 Å². The molecule has 2 atom stereocenters. The lowest BCUT2D eigenvalue weighted by Gasteiger charge is -2.08. The molecule has 0 saturated carbocycles. The summed E-state index contributed by atoms with van der Waals surface area (Å²) in [5, 5.41) is 8.90. The molecule has 0 fully saturated rings. The summed E-state index contributed by atoms with van der Waals surface area (Å²) in [6.07, 6.45) is 0. The molecule has 0 amide bonds. The number of carboxylic acid groups (broad SMARTS) is 1. The SMILES string of the molecule is CC(C)CS(=O)Cc1ccc(C(C)C(=O)O)cc1. The average Bonchev–Trinajstić information content (AvgIpc) is 2.27. The van der Waals surface area contributed by atoms with Crippen LogP contribution in [0, 0.1) is 5.92 Å². The summed E-state index contributed by atoms with van der Waals surface area (Å²) in [5.74, 6) is 0.344. The molecule has 0 aromatic heterocycles. The first kappa shape index (κ1) is 14.9. The first-order chi connectivity index (χ1) is 8.40. The number of carboxylic acids is 1. The largest absolute Gasteiger partial charge is 0.481 e. The van der Waals surface area contributed by atoms with Crippen molar-refractivity contribution in [2.75, 3.05) is 5.75 Å². The maximum atomic E-state index is 11.8. The van der Waals surface area contributed by atoms with E-state index in [1.165, 1.54) is 0 Å². The Morgan fingerprint density at radius 3 is 2.22 bits per heavy atom. The lowest BCUT2D eigenvalue weighted by Crippen LogP contribution is -2.08. The second-order valence-corrected chi connectivity index (χ2v) is 6.45. The van der Waals surface area contributed by atoms with Crippen LogP contribution in [-0.2, 0) is 21.3 Å². The van der Waals surface area contributed by atoms with Crippen LogP contribution in [0.25, 0.3) is 0 Å². The van der Waals surface area contributed by atoms with Gasteiger partial charge in [-0.05, 0) is 24.0 Å². The first-order valence-electron chi connectivity index (χ1n) is 6.06. The normalized spacial score (nSPS) is 14.4. The van der Waals surface area contributed by atoms with Crippen LogP contribution >= 0.6 is 0 Å². The summed E-state index contributed by atoms with van der Waals surface area (Å²) in [7, 11) is -0.844. The summed E-state index contributed by atoms with van der Waals surface area (Å²) in [5.41, 5.74) is 1.77. The molecular formula is C14H20O3S. The van der Waals surface area contributed by atoms with Gasteiger partial charge < -0.3 is 5.11 Å². The van der Waals surface area contributed by atoms with Crippen molar-refractivity contribution in [2.45, 2.75) is 32.4 Å². The van der Waals surface area contributed by atoms with E-state index in [1.807, 2.05) is 12.1 Å². The Kier molecular flexibility index (Phi) is 5.54. The molecule has 0 aliphatic carbocycles. The lowest BCUT2D eigenvalue weighted by atomic mass is 10.0. The Balaban J connectivity index is 2.66. The highest BCUT2D eigenvalue weighted by Gasteiger charge is 2.13. The Morgan fingerprint density at radius 2 is 1.78 bits per heavy atom. The third kappa shape index (κ3) is 4.61. The van der Waals surface area contributed by atoms with Gasteiger partial charge in [-0.2, -0.15) is 0 Å². The van der Waals surface area contributed by atoms with Crippen molar-refractivity contribution in [1.82, 2.24) is 0 Å². The Labute approximate surface area is 111 Å². The highest BCUT2D eigenvalue weighted by Crippen LogP contribution is 2.17. The number of carbonyl (C=O) groups is 1. The molecule has 0 aliphatic heterocycles. The van der Waals surface area contributed by atoms with E-state index in [4.69, 9.17) is 5.11 Å².